The predicted octanol–water partition coefficient (Wildman–Crippen LogP) is 3.68. The third kappa shape index (κ3) is 4.00. The first-order chi connectivity index (χ1) is 8.22. The molecular formula is C14H22FNO. The van der Waals surface area contributed by atoms with Crippen LogP contribution in [0.2, 0.25) is 0 Å². The van der Waals surface area contributed by atoms with Crippen molar-refractivity contribution >= 4 is 0 Å². The van der Waals surface area contributed by atoms with E-state index in [0.29, 0.717) is 5.75 Å². The lowest BCUT2D eigenvalue weighted by atomic mass is 10.0. The van der Waals surface area contributed by atoms with Crippen LogP contribution in [-0.4, -0.2) is 13.7 Å². The number of rotatable bonds is 7. The average molecular weight is 239 g/mol. The fraction of sp³-hybridized carbons (Fsp3) is 0.571. The Hall–Kier alpha value is -1.09. The number of hydrogen-bond acceptors (Lipinski definition) is 2. The second-order valence-corrected chi connectivity index (χ2v) is 4.15. The van der Waals surface area contributed by atoms with Gasteiger partial charge in [-0.15, -0.1) is 0 Å². The fourth-order valence-electron chi connectivity index (χ4n) is 1.94. The van der Waals surface area contributed by atoms with Gasteiger partial charge in [-0.25, -0.2) is 4.39 Å². The molecule has 1 atom stereocenters. The van der Waals surface area contributed by atoms with E-state index >= 15 is 0 Å². The van der Waals surface area contributed by atoms with Crippen molar-refractivity contribution in [2.45, 2.75) is 39.2 Å². The zero-order chi connectivity index (χ0) is 12.7. The number of ether oxygens (including phenoxy) is 1. The Balaban J connectivity index is 2.82. The van der Waals surface area contributed by atoms with Gasteiger partial charge >= 0.3 is 0 Å². The summed E-state index contributed by atoms with van der Waals surface area (Å²) >= 11 is 0. The largest absolute Gasteiger partial charge is 0.494 e. The molecule has 0 aliphatic rings. The molecule has 1 aromatic rings. The second kappa shape index (κ2) is 7.28. The lowest BCUT2D eigenvalue weighted by Gasteiger charge is -2.18. The monoisotopic (exact) mass is 239 g/mol. The van der Waals surface area contributed by atoms with Crippen LogP contribution in [0.5, 0.6) is 5.75 Å². The van der Waals surface area contributed by atoms with Crippen LogP contribution in [0, 0.1) is 5.82 Å². The maximum Gasteiger partial charge on any atom is 0.165 e. The number of halogens is 1. The third-order valence-corrected chi connectivity index (χ3v) is 2.88. The van der Waals surface area contributed by atoms with Gasteiger partial charge in [0.2, 0.25) is 0 Å². The van der Waals surface area contributed by atoms with Crippen molar-refractivity contribution in [1.29, 1.82) is 0 Å². The molecule has 1 rings (SSSR count). The van der Waals surface area contributed by atoms with Gasteiger partial charge in [-0.3, -0.25) is 0 Å². The minimum Gasteiger partial charge on any atom is -0.494 e. The Morgan fingerprint density at radius 1 is 1.35 bits per heavy atom. The van der Waals surface area contributed by atoms with Crippen LogP contribution >= 0.6 is 0 Å². The normalized spacial score (nSPS) is 12.5. The van der Waals surface area contributed by atoms with Gasteiger partial charge in [0, 0.05) is 6.04 Å². The maximum atomic E-state index is 13.6. The van der Waals surface area contributed by atoms with Crippen LogP contribution in [0.15, 0.2) is 18.2 Å². The lowest BCUT2D eigenvalue weighted by molar-refractivity contribution is 0.385. The molecule has 96 valence electrons. The minimum absolute atomic E-state index is 0.236. The molecule has 0 aromatic heterocycles. The molecule has 0 heterocycles. The van der Waals surface area contributed by atoms with Crippen LogP contribution in [-0.2, 0) is 0 Å². The molecule has 0 amide bonds. The number of hydrogen-bond donors (Lipinski definition) is 1. The first-order valence-corrected chi connectivity index (χ1v) is 6.29. The van der Waals surface area contributed by atoms with E-state index in [1.54, 1.807) is 12.1 Å². The van der Waals surface area contributed by atoms with Crippen molar-refractivity contribution in [2.75, 3.05) is 13.7 Å². The summed E-state index contributed by atoms with van der Waals surface area (Å²) in [6.45, 7) is 5.12. The highest BCUT2D eigenvalue weighted by atomic mass is 19.1. The molecule has 2 nitrogen and oxygen atoms in total. The number of nitrogens with one attached hydrogen (secondary N) is 1. The zero-order valence-corrected chi connectivity index (χ0v) is 10.9. The van der Waals surface area contributed by atoms with E-state index in [0.717, 1.165) is 31.4 Å². The molecule has 0 saturated heterocycles. The van der Waals surface area contributed by atoms with E-state index in [-0.39, 0.29) is 11.9 Å². The van der Waals surface area contributed by atoms with E-state index in [1.165, 1.54) is 7.11 Å². The molecule has 0 saturated carbocycles. The summed E-state index contributed by atoms with van der Waals surface area (Å²) < 4.78 is 18.5. The zero-order valence-electron chi connectivity index (χ0n) is 10.9. The molecule has 1 aromatic carbocycles. The summed E-state index contributed by atoms with van der Waals surface area (Å²) in [6.07, 6.45) is 3.34. The molecule has 17 heavy (non-hydrogen) atoms. The molecule has 1 N–H and O–H groups in total. The summed E-state index contributed by atoms with van der Waals surface area (Å²) in [5, 5.41) is 3.39. The van der Waals surface area contributed by atoms with Crippen LogP contribution in [0.25, 0.3) is 0 Å². The number of methoxy groups -OCH3 is 1. The Kier molecular flexibility index (Phi) is 5.98. The molecule has 3 heteroatoms. The molecule has 0 aliphatic heterocycles. The number of unbranched alkanes of at least 4 members (excludes halogenated alkanes) is 1. The Morgan fingerprint density at radius 2 is 2.12 bits per heavy atom. The maximum absolute atomic E-state index is 13.6. The number of benzene rings is 1. The van der Waals surface area contributed by atoms with Gasteiger partial charge in [0.1, 0.15) is 0 Å². The van der Waals surface area contributed by atoms with E-state index < -0.39 is 0 Å². The molecule has 0 bridgehead atoms. The molecule has 1 unspecified atom stereocenters. The fourth-order valence-corrected chi connectivity index (χ4v) is 1.94. The van der Waals surface area contributed by atoms with Crippen molar-refractivity contribution in [3.05, 3.63) is 29.6 Å². The standard InChI is InChI=1S/C14H22FNO/c1-4-6-7-13(16-5-2)11-8-9-14(17-3)12(15)10-11/h8-10,13,16H,4-7H2,1-3H3. The topological polar surface area (TPSA) is 21.3 Å². The quantitative estimate of drug-likeness (QED) is 0.783. The van der Waals surface area contributed by atoms with Crippen LogP contribution in [0.3, 0.4) is 0 Å². The first-order valence-electron chi connectivity index (χ1n) is 6.29. The van der Waals surface area contributed by atoms with Gasteiger partial charge in [0.05, 0.1) is 7.11 Å². The van der Waals surface area contributed by atoms with Crippen LogP contribution < -0.4 is 10.1 Å². The van der Waals surface area contributed by atoms with Gasteiger partial charge in [0.15, 0.2) is 11.6 Å². The Labute approximate surface area is 103 Å². The van der Waals surface area contributed by atoms with Crippen molar-refractivity contribution in [3.8, 4) is 5.75 Å². The van der Waals surface area contributed by atoms with Crippen molar-refractivity contribution in [1.82, 2.24) is 5.32 Å². The SMILES string of the molecule is CCCCC(NCC)c1ccc(OC)c(F)c1. The summed E-state index contributed by atoms with van der Waals surface area (Å²) in [6, 6.07) is 5.44. The summed E-state index contributed by atoms with van der Waals surface area (Å²) in [4.78, 5) is 0. The van der Waals surface area contributed by atoms with Gasteiger partial charge < -0.3 is 10.1 Å². The van der Waals surface area contributed by atoms with E-state index in [2.05, 4.69) is 19.2 Å². The minimum atomic E-state index is -0.288. The Morgan fingerprint density at radius 3 is 2.65 bits per heavy atom. The van der Waals surface area contributed by atoms with Gasteiger partial charge in [-0.1, -0.05) is 32.8 Å². The summed E-state index contributed by atoms with van der Waals surface area (Å²) in [7, 11) is 1.48. The van der Waals surface area contributed by atoms with Gasteiger partial charge in [0.25, 0.3) is 0 Å². The highest BCUT2D eigenvalue weighted by molar-refractivity contribution is 5.31. The smallest absolute Gasteiger partial charge is 0.165 e. The molecule has 0 radical (unpaired) electrons. The van der Waals surface area contributed by atoms with Crippen molar-refractivity contribution in [2.24, 2.45) is 0 Å². The van der Waals surface area contributed by atoms with Crippen LogP contribution in [0.1, 0.15) is 44.7 Å². The van der Waals surface area contributed by atoms with E-state index in [1.807, 2.05) is 6.07 Å². The average Bonchev–Trinajstić information content (AvgIpc) is 2.34. The highest BCUT2D eigenvalue weighted by Crippen LogP contribution is 2.24. The summed E-state index contributed by atoms with van der Waals surface area (Å²) in [5.74, 6) is 0.0175. The van der Waals surface area contributed by atoms with E-state index in [9.17, 15) is 4.39 Å². The van der Waals surface area contributed by atoms with Crippen LogP contribution in [0.4, 0.5) is 4.39 Å². The molecular weight excluding hydrogens is 217 g/mol. The predicted molar refractivity (Wildman–Crippen MR) is 68.9 cm³/mol. The van der Waals surface area contributed by atoms with Gasteiger partial charge in [-0.2, -0.15) is 0 Å². The summed E-state index contributed by atoms with van der Waals surface area (Å²) in [5.41, 5.74) is 0.999. The highest BCUT2D eigenvalue weighted by Gasteiger charge is 2.12. The first kappa shape index (κ1) is 14.0. The molecule has 0 fully saturated rings. The second-order valence-electron chi connectivity index (χ2n) is 4.15. The van der Waals surface area contributed by atoms with Crippen molar-refractivity contribution in [3.63, 3.8) is 0 Å². The lowest BCUT2D eigenvalue weighted by Crippen LogP contribution is -2.21. The van der Waals surface area contributed by atoms with Crippen molar-refractivity contribution < 1.29 is 9.13 Å². The van der Waals surface area contributed by atoms with E-state index in [4.69, 9.17) is 4.74 Å². The molecule has 0 aliphatic carbocycles. The van der Waals surface area contributed by atoms with Gasteiger partial charge in [-0.05, 0) is 30.7 Å². The molecule has 0 spiro atoms. The Bertz CT molecular complexity index is 341. The third-order valence-electron chi connectivity index (χ3n) is 2.88.